The number of nitrogens with zero attached hydrogens (tertiary/aromatic N) is 1. The summed E-state index contributed by atoms with van der Waals surface area (Å²) in [6, 6.07) is 7.95. The number of likely N-dealkylation sites (tertiary alicyclic amines) is 1. The van der Waals surface area contributed by atoms with Gasteiger partial charge < -0.3 is 15.2 Å². The van der Waals surface area contributed by atoms with E-state index in [1.54, 1.807) is 0 Å². The average Bonchev–Trinajstić information content (AvgIpc) is 2.55. The molecule has 2 N–H and O–H groups in total. The van der Waals surface area contributed by atoms with Crippen molar-refractivity contribution in [3.05, 3.63) is 29.8 Å². The third-order valence-electron chi connectivity index (χ3n) is 4.98. The van der Waals surface area contributed by atoms with Gasteiger partial charge in [-0.3, -0.25) is 9.69 Å². The fourth-order valence-corrected chi connectivity index (χ4v) is 3.53. The number of piperidine rings is 1. The van der Waals surface area contributed by atoms with E-state index >= 15 is 0 Å². The predicted molar refractivity (Wildman–Crippen MR) is 88.3 cm³/mol. The lowest BCUT2D eigenvalue weighted by Gasteiger charge is -2.33. The van der Waals surface area contributed by atoms with E-state index in [9.17, 15) is 9.90 Å². The number of carbonyl (C=O) groups is 1. The SMILES string of the molecule is CC(O)C1CCN(CC(=O)NC2CCOc3ccccc32)CC1. The molecule has 1 aromatic carbocycles. The molecule has 2 unspecified atom stereocenters. The van der Waals surface area contributed by atoms with Gasteiger partial charge in [-0.1, -0.05) is 18.2 Å². The fourth-order valence-electron chi connectivity index (χ4n) is 3.53. The topological polar surface area (TPSA) is 61.8 Å². The molecule has 2 atom stereocenters. The number of amides is 1. The van der Waals surface area contributed by atoms with Gasteiger partial charge in [0, 0.05) is 12.0 Å². The second-order valence-corrected chi connectivity index (χ2v) is 6.65. The largest absolute Gasteiger partial charge is 0.493 e. The van der Waals surface area contributed by atoms with Crippen LogP contribution >= 0.6 is 0 Å². The smallest absolute Gasteiger partial charge is 0.234 e. The van der Waals surface area contributed by atoms with Crippen LogP contribution in [0.2, 0.25) is 0 Å². The van der Waals surface area contributed by atoms with Crippen LogP contribution < -0.4 is 10.1 Å². The highest BCUT2D eigenvalue weighted by molar-refractivity contribution is 5.78. The second-order valence-electron chi connectivity index (χ2n) is 6.65. The van der Waals surface area contributed by atoms with Crippen LogP contribution in [0.25, 0.3) is 0 Å². The fraction of sp³-hybridized carbons (Fsp3) is 0.611. The molecule has 0 bridgehead atoms. The Morgan fingerprint density at radius 1 is 1.35 bits per heavy atom. The van der Waals surface area contributed by atoms with E-state index in [1.165, 1.54) is 0 Å². The highest BCUT2D eigenvalue weighted by Crippen LogP contribution is 2.31. The van der Waals surface area contributed by atoms with Crippen LogP contribution in [0.15, 0.2) is 24.3 Å². The minimum atomic E-state index is -0.246. The molecule has 2 aliphatic heterocycles. The summed E-state index contributed by atoms with van der Waals surface area (Å²) < 4.78 is 5.63. The number of hydrogen-bond acceptors (Lipinski definition) is 4. The molecule has 126 valence electrons. The van der Waals surface area contributed by atoms with E-state index in [0.29, 0.717) is 19.1 Å². The molecule has 0 radical (unpaired) electrons. The van der Waals surface area contributed by atoms with Gasteiger partial charge in [0.25, 0.3) is 0 Å². The van der Waals surface area contributed by atoms with Gasteiger partial charge in [0.15, 0.2) is 0 Å². The molecule has 1 amide bonds. The van der Waals surface area contributed by atoms with Crippen molar-refractivity contribution >= 4 is 5.91 Å². The van der Waals surface area contributed by atoms with Gasteiger partial charge in [0.1, 0.15) is 5.75 Å². The van der Waals surface area contributed by atoms with Crippen molar-refractivity contribution in [3.8, 4) is 5.75 Å². The van der Waals surface area contributed by atoms with Gasteiger partial charge in [-0.2, -0.15) is 0 Å². The summed E-state index contributed by atoms with van der Waals surface area (Å²) >= 11 is 0. The zero-order valence-electron chi connectivity index (χ0n) is 13.7. The third kappa shape index (κ3) is 4.03. The van der Waals surface area contributed by atoms with E-state index in [-0.39, 0.29) is 18.1 Å². The van der Waals surface area contributed by atoms with Crippen molar-refractivity contribution in [2.75, 3.05) is 26.2 Å². The van der Waals surface area contributed by atoms with Gasteiger partial charge in [0.05, 0.1) is 25.3 Å². The van der Waals surface area contributed by atoms with Crippen molar-refractivity contribution < 1.29 is 14.6 Å². The summed E-state index contributed by atoms with van der Waals surface area (Å²) in [5, 5.41) is 12.8. The number of hydrogen-bond donors (Lipinski definition) is 2. The van der Waals surface area contributed by atoms with E-state index in [0.717, 1.165) is 43.7 Å². The Morgan fingerprint density at radius 2 is 2.09 bits per heavy atom. The molecule has 23 heavy (non-hydrogen) atoms. The van der Waals surface area contributed by atoms with Gasteiger partial charge in [-0.15, -0.1) is 0 Å². The van der Waals surface area contributed by atoms with Crippen LogP contribution in [0.5, 0.6) is 5.75 Å². The highest BCUT2D eigenvalue weighted by atomic mass is 16.5. The van der Waals surface area contributed by atoms with E-state index < -0.39 is 0 Å². The van der Waals surface area contributed by atoms with Gasteiger partial charge in [0.2, 0.25) is 5.91 Å². The van der Waals surface area contributed by atoms with Crippen molar-refractivity contribution in [2.24, 2.45) is 5.92 Å². The van der Waals surface area contributed by atoms with E-state index in [1.807, 2.05) is 31.2 Å². The molecule has 0 spiro atoms. The Morgan fingerprint density at radius 3 is 2.83 bits per heavy atom. The quantitative estimate of drug-likeness (QED) is 0.887. The number of rotatable bonds is 4. The first-order chi connectivity index (χ1) is 11.1. The van der Waals surface area contributed by atoms with Crippen molar-refractivity contribution in [3.63, 3.8) is 0 Å². The maximum atomic E-state index is 12.4. The van der Waals surface area contributed by atoms with Crippen LogP contribution in [0, 0.1) is 5.92 Å². The first-order valence-corrected chi connectivity index (χ1v) is 8.55. The zero-order valence-corrected chi connectivity index (χ0v) is 13.7. The van der Waals surface area contributed by atoms with Crippen molar-refractivity contribution in [2.45, 2.75) is 38.3 Å². The van der Waals surface area contributed by atoms with E-state index in [4.69, 9.17) is 4.74 Å². The summed E-state index contributed by atoms with van der Waals surface area (Å²) in [5.74, 6) is 1.32. The molecule has 1 fully saturated rings. The van der Waals surface area contributed by atoms with Crippen LogP contribution in [0.3, 0.4) is 0 Å². The standard InChI is InChI=1S/C18H26N2O3/c1-13(21)14-6-9-20(10-7-14)12-18(22)19-16-8-11-23-17-5-3-2-4-15(16)17/h2-5,13-14,16,21H,6-12H2,1H3,(H,19,22). The monoisotopic (exact) mass is 318 g/mol. The summed E-state index contributed by atoms with van der Waals surface area (Å²) in [4.78, 5) is 14.5. The van der Waals surface area contributed by atoms with E-state index in [2.05, 4.69) is 10.2 Å². The number of ether oxygens (including phenoxy) is 1. The van der Waals surface area contributed by atoms with Gasteiger partial charge in [-0.05, 0) is 44.8 Å². The number of nitrogens with one attached hydrogen (secondary N) is 1. The summed E-state index contributed by atoms with van der Waals surface area (Å²) in [6.45, 7) is 4.70. The molecular weight excluding hydrogens is 292 g/mol. The number of para-hydroxylation sites is 1. The Kier molecular flexibility index (Phi) is 5.18. The Hall–Kier alpha value is -1.59. The predicted octanol–water partition coefficient (Wildman–Crippen LogP) is 1.72. The number of aliphatic hydroxyl groups is 1. The lowest BCUT2D eigenvalue weighted by Crippen LogP contribution is -2.44. The average molecular weight is 318 g/mol. The molecule has 2 aliphatic rings. The molecule has 0 aliphatic carbocycles. The lowest BCUT2D eigenvalue weighted by molar-refractivity contribution is -0.123. The second kappa shape index (κ2) is 7.32. The first-order valence-electron chi connectivity index (χ1n) is 8.55. The molecule has 1 saturated heterocycles. The third-order valence-corrected chi connectivity index (χ3v) is 4.98. The summed E-state index contributed by atoms with van der Waals surface area (Å²) in [7, 11) is 0. The highest BCUT2D eigenvalue weighted by Gasteiger charge is 2.26. The summed E-state index contributed by atoms with van der Waals surface area (Å²) in [6.07, 6.45) is 2.49. The van der Waals surface area contributed by atoms with Gasteiger partial charge >= 0.3 is 0 Å². The Balaban J connectivity index is 1.51. The normalized spacial score (nSPS) is 23.7. The Bertz CT molecular complexity index is 539. The van der Waals surface area contributed by atoms with Gasteiger partial charge in [-0.25, -0.2) is 0 Å². The minimum absolute atomic E-state index is 0.0439. The number of fused-ring (bicyclic) bond motifs is 1. The summed E-state index contributed by atoms with van der Waals surface area (Å²) in [5.41, 5.74) is 1.07. The van der Waals surface area contributed by atoms with Crippen molar-refractivity contribution in [1.29, 1.82) is 0 Å². The molecule has 5 heteroatoms. The number of aliphatic hydroxyl groups excluding tert-OH is 1. The molecule has 0 saturated carbocycles. The minimum Gasteiger partial charge on any atom is -0.493 e. The maximum absolute atomic E-state index is 12.4. The van der Waals surface area contributed by atoms with Crippen LogP contribution in [0.4, 0.5) is 0 Å². The molecular formula is C18H26N2O3. The molecule has 1 aromatic rings. The molecule has 5 nitrogen and oxygen atoms in total. The van der Waals surface area contributed by atoms with Crippen LogP contribution in [-0.2, 0) is 4.79 Å². The van der Waals surface area contributed by atoms with Crippen LogP contribution in [-0.4, -0.2) is 48.3 Å². The Labute approximate surface area is 137 Å². The molecule has 2 heterocycles. The first kappa shape index (κ1) is 16.3. The lowest BCUT2D eigenvalue weighted by atomic mass is 9.92. The zero-order chi connectivity index (χ0) is 16.2. The number of carbonyl (C=O) groups excluding carboxylic acids is 1. The molecule has 0 aromatic heterocycles. The van der Waals surface area contributed by atoms with Crippen LogP contribution in [0.1, 0.15) is 37.8 Å². The molecule has 3 rings (SSSR count). The van der Waals surface area contributed by atoms with Crippen molar-refractivity contribution in [1.82, 2.24) is 10.2 Å². The maximum Gasteiger partial charge on any atom is 0.234 e. The number of benzene rings is 1.